The van der Waals surface area contributed by atoms with Crippen LogP contribution in [0.15, 0.2) is 42.5 Å². The van der Waals surface area contributed by atoms with Crippen LogP contribution >= 0.6 is 0 Å². The maximum absolute atomic E-state index is 15.4. The Labute approximate surface area is 354 Å². The molecular weight excluding hydrogens is 790 g/mol. The first kappa shape index (κ1) is 43.8. The Bertz CT molecular complexity index is 2280. The number of hydrogen-bond donors (Lipinski definition) is 3. The highest BCUT2D eigenvalue weighted by Gasteiger charge is 2.40. The molecular formula is C46H55F3N6O6. The molecule has 326 valence electrons. The van der Waals surface area contributed by atoms with E-state index in [1.165, 1.54) is 23.1 Å². The summed E-state index contributed by atoms with van der Waals surface area (Å²) in [6, 6.07) is 9.89. The van der Waals surface area contributed by atoms with Crippen LogP contribution < -0.4 is 20.1 Å². The van der Waals surface area contributed by atoms with Crippen LogP contribution in [0.5, 0.6) is 11.5 Å². The summed E-state index contributed by atoms with van der Waals surface area (Å²) < 4.78 is 55.7. The summed E-state index contributed by atoms with van der Waals surface area (Å²) in [7, 11) is 3.20. The van der Waals surface area contributed by atoms with Crippen LogP contribution in [0.4, 0.5) is 19.0 Å². The fraction of sp³-hybridized carbons (Fsp3) is 0.500. The number of amides is 3. The van der Waals surface area contributed by atoms with Crippen molar-refractivity contribution in [2.75, 3.05) is 45.8 Å². The highest BCUT2D eigenvalue weighted by atomic mass is 19.3. The molecule has 2 unspecified atom stereocenters. The molecule has 0 bridgehead atoms. The van der Waals surface area contributed by atoms with Gasteiger partial charge in [0, 0.05) is 41.1 Å². The molecule has 2 fully saturated rings. The van der Waals surface area contributed by atoms with Gasteiger partial charge in [-0.15, -0.1) is 0 Å². The topological polar surface area (TPSA) is 146 Å². The number of piperidine rings is 2. The zero-order valence-corrected chi connectivity index (χ0v) is 35.3. The number of carbonyl (C=O) groups excluding carboxylic acids is 3. The standard InChI is InChI=1S/C46H55F3N6O6/c1-27(30-11-10-12-32(21-30)46(48,49)26-56)50-43-36-24-39(60-3)42(61-4)33(41(36)51-28(2)52-43)13-8-6-5-7-9-18-54-19-16-29(17-20-54)34-22-31-25-55(45(59)35(31)23-37(34)47)38-14-15-40(57)53-44(38)58/h10-12,21-24,27,29,38,56H,5-9,13-20,25-26H2,1-4H3,(H,50,51,52)(H,53,57,58). The summed E-state index contributed by atoms with van der Waals surface area (Å²) in [6.07, 6.45) is 7.90. The minimum Gasteiger partial charge on any atom is -0.493 e. The fourth-order valence-corrected chi connectivity index (χ4v) is 9.09. The minimum atomic E-state index is -3.35. The number of hydrogen-bond acceptors (Lipinski definition) is 10. The van der Waals surface area contributed by atoms with E-state index in [9.17, 15) is 28.3 Å². The Hall–Kier alpha value is -5.28. The number of aryl methyl sites for hydroxylation is 2. The van der Waals surface area contributed by atoms with Gasteiger partial charge in [0.05, 0.1) is 19.7 Å². The predicted octanol–water partition coefficient (Wildman–Crippen LogP) is 7.49. The van der Waals surface area contributed by atoms with Crippen LogP contribution in [0.3, 0.4) is 0 Å². The third-order valence-electron chi connectivity index (χ3n) is 12.5. The minimum absolute atomic E-state index is 0.0561. The molecule has 0 saturated carbocycles. The lowest BCUT2D eigenvalue weighted by molar-refractivity contribution is -0.136. The average molecular weight is 845 g/mol. The highest BCUT2D eigenvalue weighted by Crippen LogP contribution is 2.41. The van der Waals surface area contributed by atoms with Gasteiger partial charge in [-0.1, -0.05) is 43.5 Å². The van der Waals surface area contributed by atoms with Crippen molar-refractivity contribution in [3.63, 3.8) is 0 Å². The molecule has 12 nitrogen and oxygen atoms in total. The summed E-state index contributed by atoms with van der Waals surface area (Å²) in [5, 5.41) is 15.7. The van der Waals surface area contributed by atoms with Gasteiger partial charge in [0.1, 0.15) is 30.1 Å². The number of aromatic nitrogens is 2. The third kappa shape index (κ3) is 9.47. The van der Waals surface area contributed by atoms with Gasteiger partial charge in [0.2, 0.25) is 11.8 Å². The number of imide groups is 1. The summed E-state index contributed by atoms with van der Waals surface area (Å²) in [5.41, 5.74) is 3.69. The molecule has 3 aliphatic heterocycles. The number of nitrogens with zero attached hydrogens (tertiary/aromatic N) is 4. The molecule has 0 spiro atoms. The smallest absolute Gasteiger partial charge is 0.295 e. The van der Waals surface area contributed by atoms with Gasteiger partial charge in [0.25, 0.3) is 11.8 Å². The Balaban J connectivity index is 0.904. The number of aliphatic hydroxyl groups excluding tert-OH is 1. The summed E-state index contributed by atoms with van der Waals surface area (Å²) in [5.74, 6) is -2.58. The summed E-state index contributed by atoms with van der Waals surface area (Å²) in [6.45, 7) is 5.36. The first-order chi connectivity index (χ1) is 29.3. The van der Waals surface area contributed by atoms with E-state index >= 15 is 4.39 Å². The lowest BCUT2D eigenvalue weighted by Crippen LogP contribution is -2.52. The molecule has 3 amide bonds. The molecule has 2 saturated heterocycles. The van der Waals surface area contributed by atoms with E-state index in [1.54, 1.807) is 26.4 Å². The number of halogens is 3. The lowest BCUT2D eigenvalue weighted by Gasteiger charge is -2.32. The Morgan fingerprint density at radius 1 is 0.984 bits per heavy atom. The maximum Gasteiger partial charge on any atom is 0.295 e. The second-order valence-corrected chi connectivity index (χ2v) is 16.5. The molecule has 61 heavy (non-hydrogen) atoms. The molecule has 0 aliphatic carbocycles. The molecule has 4 heterocycles. The van der Waals surface area contributed by atoms with Crippen molar-refractivity contribution in [1.82, 2.24) is 25.1 Å². The van der Waals surface area contributed by atoms with E-state index < -0.39 is 30.5 Å². The van der Waals surface area contributed by atoms with Gasteiger partial charge in [0.15, 0.2) is 11.5 Å². The normalized spacial score (nSPS) is 18.1. The number of carbonyl (C=O) groups is 3. The largest absolute Gasteiger partial charge is 0.493 e. The number of fused-ring (bicyclic) bond motifs is 2. The van der Waals surface area contributed by atoms with E-state index in [-0.39, 0.29) is 48.5 Å². The van der Waals surface area contributed by atoms with Crippen LogP contribution in [-0.2, 0) is 28.5 Å². The second kappa shape index (κ2) is 18.8. The third-order valence-corrected chi connectivity index (χ3v) is 12.5. The van der Waals surface area contributed by atoms with Gasteiger partial charge in [-0.25, -0.2) is 14.4 Å². The van der Waals surface area contributed by atoms with Crippen molar-refractivity contribution in [3.05, 3.63) is 87.5 Å². The van der Waals surface area contributed by atoms with Gasteiger partial charge in [-0.05, 0) is 113 Å². The van der Waals surface area contributed by atoms with E-state index in [0.29, 0.717) is 46.3 Å². The van der Waals surface area contributed by atoms with E-state index in [0.717, 1.165) is 86.6 Å². The molecule has 2 atom stereocenters. The van der Waals surface area contributed by atoms with Gasteiger partial charge < -0.3 is 29.7 Å². The Morgan fingerprint density at radius 2 is 1.74 bits per heavy atom. The van der Waals surface area contributed by atoms with Crippen molar-refractivity contribution in [3.8, 4) is 11.5 Å². The van der Waals surface area contributed by atoms with Gasteiger partial charge in [-0.3, -0.25) is 19.7 Å². The molecule has 0 radical (unpaired) electrons. The molecule has 4 aromatic rings. The van der Waals surface area contributed by atoms with Crippen LogP contribution in [0.1, 0.15) is 121 Å². The van der Waals surface area contributed by atoms with Crippen molar-refractivity contribution in [2.24, 2.45) is 0 Å². The monoisotopic (exact) mass is 844 g/mol. The van der Waals surface area contributed by atoms with Crippen molar-refractivity contribution >= 4 is 34.4 Å². The molecule has 7 rings (SSSR count). The highest BCUT2D eigenvalue weighted by molar-refractivity contribution is 6.05. The zero-order chi connectivity index (χ0) is 43.4. The molecule has 3 N–H and O–H groups in total. The van der Waals surface area contributed by atoms with Crippen molar-refractivity contribution in [1.29, 1.82) is 0 Å². The molecule has 3 aliphatic rings. The number of nitrogens with one attached hydrogen (secondary N) is 2. The lowest BCUT2D eigenvalue weighted by atomic mass is 9.87. The van der Waals surface area contributed by atoms with E-state index in [2.05, 4.69) is 15.5 Å². The van der Waals surface area contributed by atoms with E-state index in [4.69, 9.17) is 19.4 Å². The zero-order valence-electron chi connectivity index (χ0n) is 35.3. The van der Waals surface area contributed by atoms with Crippen molar-refractivity contribution < 1.29 is 42.1 Å². The molecule has 3 aromatic carbocycles. The first-order valence-corrected chi connectivity index (χ1v) is 21.3. The quantitative estimate of drug-likeness (QED) is 0.0723. The number of ether oxygens (including phenoxy) is 2. The second-order valence-electron chi connectivity index (χ2n) is 16.5. The Kier molecular flexibility index (Phi) is 13.5. The van der Waals surface area contributed by atoms with E-state index in [1.807, 2.05) is 26.0 Å². The SMILES string of the molecule is COc1cc2c(NC(C)c3cccc(C(F)(F)CO)c3)nc(C)nc2c(CCCCCCCN2CCC(c3cc4c(cc3F)C(=O)N(C3CCC(=O)NC3=O)C4)CC2)c1OC. The Morgan fingerprint density at radius 3 is 2.46 bits per heavy atom. The summed E-state index contributed by atoms with van der Waals surface area (Å²) in [4.78, 5) is 50.6. The van der Waals surface area contributed by atoms with Gasteiger partial charge >= 0.3 is 0 Å². The molecule has 1 aromatic heterocycles. The first-order valence-electron chi connectivity index (χ1n) is 21.3. The number of unbranched alkanes of at least 4 members (excludes halogenated alkanes) is 4. The number of rotatable bonds is 17. The summed E-state index contributed by atoms with van der Waals surface area (Å²) >= 11 is 0. The average Bonchev–Trinajstić information content (AvgIpc) is 3.56. The maximum atomic E-state index is 15.4. The van der Waals surface area contributed by atoms with Crippen LogP contribution in [0.25, 0.3) is 10.9 Å². The fourth-order valence-electron chi connectivity index (χ4n) is 9.09. The number of alkyl halides is 2. The van der Waals surface area contributed by atoms with Crippen LogP contribution in [-0.4, -0.2) is 89.1 Å². The van der Waals surface area contributed by atoms with Gasteiger partial charge in [-0.2, -0.15) is 8.78 Å². The number of methoxy groups -OCH3 is 2. The van der Waals surface area contributed by atoms with Crippen LogP contribution in [0.2, 0.25) is 0 Å². The predicted molar refractivity (Wildman–Crippen MR) is 224 cm³/mol. The number of benzene rings is 3. The van der Waals surface area contributed by atoms with Crippen molar-refractivity contribution in [2.45, 2.75) is 109 Å². The number of anilines is 1. The number of aliphatic hydroxyl groups is 1. The number of likely N-dealkylation sites (tertiary alicyclic amines) is 1. The molecule has 15 heteroatoms. The van der Waals surface area contributed by atoms with Crippen LogP contribution in [0, 0.1) is 12.7 Å².